The summed E-state index contributed by atoms with van der Waals surface area (Å²) in [6.45, 7) is 1.73. The lowest BCUT2D eigenvalue weighted by molar-refractivity contribution is 0.0936. The molecule has 0 atom stereocenters. The van der Waals surface area contributed by atoms with Crippen LogP contribution in [0.1, 0.15) is 29.6 Å². The molecule has 0 heterocycles. The molecule has 7 heteroatoms. The number of nitrogens with two attached hydrogens (primary N) is 1. The van der Waals surface area contributed by atoms with E-state index < -0.39 is 23.2 Å². The van der Waals surface area contributed by atoms with Gasteiger partial charge in [-0.25, -0.2) is 8.78 Å². The molecule has 0 spiro atoms. The quantitative estimate of drug-likeness (QED) is 0.389. The molecule has 2 rings (SSSR count). The van der Waals surface area contributed by atoms with Crippen LogP contribution in [-0.4, -0.2) is 25.7 Å². The van der Waals surface area contributed by atoms with Crippen molar-refractivity contribution in [3.05, 3.63) is 29.3 Å². The van der Waals surface area contributed by atoms with E-state index in [0.717, 1.165) is 18.7 Å². The third-order valence-electron chi connectivity index (χ3n) is 3.25. The number of hydrazine groups is 1. The van der Waals surface area contributed by atoms with Crippen LogP contribution in [0.2, 0.25) is 0 Å². The average molecular weight is 299 g/mol. The highest BCUT2D eigenvalue weighted by atomic mass is 19.1. The Morgan fingerprint density at radius 3 is 2.57 bits per heavy atom. The number of halogens is 2. The van der Waals surface area contributed by atoms with Crippen LogP contribution in [0, 0.1) is 17.6 Å². The lowest BCUT2D eigenvalue weighted by Gasteiger charge is -2.08. The van der Waals surface area contributed by atoms with E-state index in [0.29, 0.717) is 25.5 Å². The molecule has 0 unspecified atom stereocenters. The normalized spacial score (nSPS) is 14.0. The van der Waals surface area contributed by atoms with Crippen LogP contribution in [-0.2, 0) is 4.74 Å². The molecule has 0 saturated heterocycles. The third kappa shape index (κ3) is 4.64. The van der Waals surface area contributed by atoms with Gasteiger partial charge in [-0.3, -0.25) is 10.6 Å². The number of carbonyl (C=O) groups excluding carboxylic acids is 1. The summed E-state index contributed by atoms with van der Waals surface area (Å²) in [5.41, 5.74) is 1.37. The second-order valence-corrected chi connectivity index (χ2v) is 5.09. The van der Waals surface area contributed by atoms with Crippen molar-refractivity contribution in [3.8, 4) is 0 Å². The lowest BCUT2D eigenvalue weighted by atomic mass is 10.1. The topological polar surface area (TPSA) is 76.4 Å². The maximum Gasteiger partial charge on any atom is 0.251 e. The molecule has 4 N–H and O–H groups in total. The Bertz CT molecular complexity index is 484. The number of anilines is 1. The minimum absolute atomic E-state index is 0.0806. The van der Waals surface area contributed by atoms with Crippen molar-refractivity contribution < 1.29 is 18.3 Å². The number of nitrogen functional groups attached to an aromatic ring is 1. The first-order valence-electron chi connectivity index (χ1n) is 6.93. The van der Waals surface area contributed by atoms with Gasteiger partial charge >= 0.3 is 0 Å². The van der Waals surface area contributed by atoms with E-state index >= 15 is 0 Å². The standard InChI is InChI=1S/C14H19F2N3O2/c15-11-6-10(7-12(16)13(11)19-17)14(20)18-4-1-5-21-8-9-2-3-9/h6-7,9,19H,1-5,8,17H2,(H,18,20). The molecule has 1 aliphatic rings. The van der Waals surface area contributed by atoms with E-state index in [-0.39, 0.29) is 5.56 Å². The predicted molar refractivity (Wildman–Crippen MR) is 74.7 cm³/mol. The Kier molecular flexibility index (Phi) is 5.46. The monoisotopic (exact) mass is 299 g/mol. The summed E-state index contributed by atoms with van der Waals surface area (Å²) in [5, 5.41) is 2.59. The molecule has 1 aromatic carbocycles. The highest BCUT2D eigenvalue weighted by molar-refractivity contribution is 5.94. The second kappa shape index (κ2) is 7.33. The zero-order valence-corrected chi connectivity index (χ0v) is 11.6. The van der Waals surface area contributed by atoms with Gasteiger partial charge < -0.3 is 15.5 Å². The smallest absolute Gasteiger partial charge is 0.251 e. The number of benzene rings is 1. The van der Waals surface area contributed by atoms with Gasteiger partial charge in [-0.05, 0) is 37.3 Å². The summed E-state index contributed by atoms with van der Waals surface area (Å²) in [6.07, 6.45) is 3.13. The van der Waals surface area contributed by atoms with E-state index in [2.05, 4.69) is 5.32 Å². The van der Waals surface area contributed by atoms with Gasteiger partial charge in [-0.1, -0.05) is 0 Å². The number of hydrogen-bond donors (Lipinski definition) is 3. The van der Waals surface area contributed by atoms with Crippen LogP contribution in [0.4, 0.5) is 14.5 Å². The van der Waals surface area contributed by atoms with Crippen LogP contribution < -0.4 is 16.6 Å². The Balaban J connectivity index is 1.74. The number of hydrogen-bond acceptors (Lipinski definition) is 4. The van der Waals surface area contributed by atoms with Gasteiger partial charge in [0.1, 0.15) is 5.69 Å². The van der Waals surface area contributed by atoms with E-state index in [1.807, 2.05) is 5.43 Å². The molecule has 0 aromatic heterocycles. The fourth-order valence-corrected chi connectivity index (χ4v) is 1.85. The highest BCUT2D eigenvalue weighted by Gasteiger charge is 2.20. The summed E-state index contributed by atoms with van der Waals surface area (Å²) >= 11 is 0. The van der Waals surface area contributed by atoms with E-state index in [1.54, 1.807) is 0 Å². The first kappa shape index (κ1) is 15.7. The number of ether oxygens (including phenoxy) is 1. The van der Waals surface area contributed by atoms with Gasteiger partial charge in [0.2, 0.25) is 0 Å². The fourth-order valence-electron chi connectivity index (χ4n) is 1.85. The Labute approximate surface area is 121 Å². The van der Waals surface area contributed by atoms with Crippen molar-refractivity contribution in [2.45, 2.75) is 19.3 Å². The van der Waals surface area contributed by atoms with E-state index in [1.165, 1.54) is 12.8 Å². The van der Waals surface area contributed by atoms with Gasteiger partial charge in [0.15, 0.2) is 11.6 Å². The van der Waals surface area contributed by atoms with E-state index in [9.17, 15) is 13.6 Å². The number of carbonyl (C=O) groups is 1. The Morgan fingerprint density at radius 2 is 2.00 bits per heavy atom. The largest absolute Gasteiger partial charge is 0.381 e. The minimum atomic E-state index is -0.907. The van der Waals surface area contributed by atoms with Crippen LogP contribution in [0.5, 0.6) is 0 Å². The maximum absolute atomic E-state index is 13.5. The molecule has 1 fully saturated rings. The minimum Gasteiger partial charge on any atom is -0.381 e. The first-order chi connectivity index (χ1) is 10.1. The number of nitrogens with one attached hydrogen (secondary N) is 2. The Morgan fingerprint density at radius 1 is 1.33 bits per heavy atom. The molecule has 1 saturated carbocycles. The molecular formula is C14H19F2N3O2. The summed E-state index contributed by atoms with van der Waals surface area (Å²) in [7, 11) is 0. The molecule has 0 aliphatic heterocycles. The molecule has 5 nitrogen and oxygen atoms in total. The van der Waals surface area contributed by atoms with Crippen molar-refractivity contribution in [2.75, 3.05) is 25.2 Å². The SMILES string of the molecule is NNc1c(F)cc(C(=O)NCCCOCC2CC2)cc1F. The van der Waals surface area contributed by atoms with Crippen molar-refractivity contribution in [2.24, 2.45) is 11.8 Å². The zero-order chi connectivity index (χ0) is 15.2. The summed E-state index contributed by atoms with van der Waals surface area (Å²) in [4.78, 5) is 11.8. The van der Waals surface area contributed by atoms with Gasteiger partial charge in [0.05, 0.1) is 0 Å². The molecule has 0 bridgehead atoms. The molecule has 1 aliphatic carbocycles. The van der Waals surface area contributed by atoms with Crippen molar-refractivity contribution in [1.29, 1.82) is 0 Å². The first-order valence-corrected chi connectivity index (χ1v) is 6.93. The molecule has 116 valence electrons. The lowest BCUT2D eigenvalue weighted by Crippen LogP contribution is -2.26. The van der Waals surface area contributed by atoms with Crippen LogP contribution in [0.25, 0.3) is 0 Å². The molecule has 21 heavy (non-hydrogen) atoms. The third-order valence-corrected chi connectivity index (χ3v) is 3.25. The van der Waals surface area contributed by atoms with Gasteiger partial charge in [-0.2, -0.15) is 0 Å². The number of amides is 1. The van der Waals surface area contributed by atoms with Crippen LogP contribution >= 0.6 is 0 Å². The molecule has 1 aromatic rings. The molecule has 0 radical (unpaired) electrons. The van der Waals surface area contributed by atoms with Gasteiger partial charge in [-0.15, -0.1) is 0 Å². The second-order valence-electron chi connectivity index (χ2n) is 5.09. The maximum atomic E-state index is 13.5. The van der Waals surface area contributed by atoms with Gasteiger partial charge in [0, 0.05) is 25.3 Å². The zero-order valence-electron chi connectivity index (χ0n) is 11.6. The van der Waals surface area contributed by atoms with Crippen LogP contribution in [0.15, 0.2) is 12.1 Å². The fraction of sp³-hybridized carbons (Fsp3) is 0.500. The van der Waals surface area contributed by atoms with Crippen molar-refractivity contribution >= 4 is 11.6 Å². The molecular weight excluding hydrogens is 280 g/mol. The molecule has 1 amide bonds. The van der Waals surface area contributed by atoms with Gasteiger partial charge in [0.25, 0.3) is 5.91 Å². The van der Waals surface area contributed by atoms with E-state index in [4.69, 9.17) is 10.6 Å². The Hall–Kier alpha value is -1.73. The average Bonchev–Trinajstić information content (AvgIpc) is 3.26. The summed E-state index contributed by atoms with van der Waals surface area (Å²) in [5.74, 6) is 3.35. The summed E-state index contributed by atoms with van der Waals surface area (Å²) < 4.78 is 32.3. The predicted octanol–water partition coefficient (Wildman–Crippen LogP) is 1.80. The summed E-state index contributed by atoms with van der Waals surface area (Å²) in [6, 6.07) is 1.88. The highest BCUT2D eigenvalue weighted by Crippen LogP contribution is 2.28. The van der Waals surface area contributed by atoms with Crippen LogP contribution in [0.3, 0.4) is 0 Å². The van der Waals surface area contributed by atoms with Crippen molar-refractivity contribution in [3.63, 3.8) is 0 Å². The van der Waals surface area contributed by atoms with Crippen molar-refractivity contribution in [1.82, 2.24) is 5.32 Å². The number of rotatable bonds is 8.